The van der Waals surface area contributed by atoms with Crippen molar-refractivity contribution in [2.24, 2.45) is 5.73 Å². The number of nitrogens with zero attached hydrogens (tertiary/aromatic N) is 1. The summed E-state index contributed by atoms with van der Waals surface area (Å²) in [6, 6.07) is 0. The molecule has 8 heteroatoms. The summed E-state index contributed by atoms with van der Waals surface area (Å²) in [5.74, 6) is -0.385. The van der Waals surface area contributed by atoms with Crippen molar-refractivity contribution in [2.45, 2.75) is 12.8 Å². The number of rotatable bonds is 6. The van der Waals surface area contributed by atoms with Crippen LogP contribution in [-0.4, -0.2) is 51.5 Å². The van der Waals surface area contributed by atoms with Gasteiger partial charge >= 0.3 is 10.4 Å². The van der Waals surface area contributed by atoms with Crippen LogP contribution in [0, 0.1) is 0 Å². The minimum atomic E-state index is -4.16. The van der Waals surface area contributed by atoms with Crippen LogP contribution in [0.25, 0.3) is 0 Å². The Morgan fingerprint density at radius 1 is 1.47 bits per heavy atom. The van der Waals surface area contributed by atoms with Crippen molar-refractivity contribution in [1.29, 1.82) is 0 Å². The average Bonchev–Trinajstić information content (AvgIpc) is 2.16. The van der Waals surface area contributed by atoms with Crippen molar-refractivity contribution in [3.05, 3.63) is 12.2 Å². The van der Waals surface area contributed by atoms with Crippen molar-refractivity contribution in [3.8, 4) is 0 Å². The van der Waals surface area contributed by atoms with Gasteiger partial charge < -0.3 is 10.6 Å². The van der Waals surface area contributed by atoms with Crippen LogP contribution in [0.1, 0.15) is 12.8 Å². The van der Waals surface area contributed by atoms with Gasteiger partial charge in [-0.2, -0.15) is 8.42 Å². The van der Waals surface area contributed by atoms with Crippen molar-refractivity contribution < 1.29 is 21.9 Å². The molecule has 0 aromatic rings. The second-order valence-corrected chi connectivity index (χ2v) is 4.66. The normalized spacial score (nSPS) is 10.6. The molecule has 0 unspecified atom stereocenters. The van der Waals surface area contributed by atoms with Crippen LogP contribution in [0.4, 0.5) is 0 Å². The highest BCUT2D eigenvalue weighted by Crippen LogP contribution is 2.00. The highest BCUT2D eigenvalue weighted by Gasteiger charge is 2.00. The predicted octanol–water partition coefficient (Wildman–Crippen LogP) is -0.195. The Labute approximate surface area is 102 Å². The Balaban J connectivity index is 0. The fourth-order valence-electron chi connectivity index (χ4n) is 0.732. The zero-order valence-corrected chi connectivity index (χ0v) is 11.2. The van der Waals surface area contributed by atoms with Gasteiger partial charge in [0.05, 0.1) is 7.11 Å². The fraction of sp³-hybridized carbons (Fsp3) is 0.667. The van der Waals surface area contributed by atoms with Gasteiger partial charge in [-0.05, 0) is 33.5 Å². The maximum absolute atomic E-state index is 10.5. The average molecular weight is 268 g/mol. The molecule has 0 aromatic carbocycles. The molecule has 0 rings (SSSR count). The standard InChI is InChI=1S/C8H16N2O.CH4O4S/c1-7(8(9)11)5-4-6-10(2)3;1-5-6(2,3)4/h1,4-6H2,2-3H3,(H2,9,11);1H3,(H,2,3,4). The minimum Gasteiger partial charge on any atom is -0.366 e. The molecule has 0 aliphatic carbocycles. The SMILES string of the molecule is C=C(CCCN(C)C)C(N)=O.COS(=O)(=O)O. The summed E-state index contributed by atoms with van der Waals surface area (Å²) < 4.78 is 29.7. The van der Waals surface area contributed by atoms with Gasteiger partial charge in [0.25, 0.3) is 0 Å². The molecular weight excluding hydrogens is 248 g/mol. The molecule has 0 aliphatic rings. The minimum absolute atomic E-state index is 0.385. The molecule has 0 aliphatic heterocycles. The molecule has 0 saturated carbocycles. The molecule has 0 fully saturated rings. The van der Waals surface area contributed by atoms with E-state index in [-0.39, 0.29) is 5.91 Å². The molecule has 102 valence electrons. The van der Waals surface area contributed by atoms with Gasteiger partial charge in [0.15, 0.2) is 0 Å². The van der Waals surface area contributed by atoms with E-state index in [1.807, 2.05) is 14.1 Å². The van der Waals surface area contributed by atoms with Crippen LogP contribution < -0.4 is 5.73 Å². The molecule has 0 spiro atoms. The number of nitrogens with two attached hydrogens (primary N) is 1. The molecule has 17 heavy (non-hydrogen) atoms. The monoisotopic (exact) mass is 268 g/mol. The van der Waals surface area contributed by atoms with E-state index in [1.54, 1.807) is 0 Å². The van der Waals surface area contributed by atoms with Crippen molar-refractivity contribution in [3.63, 3.8) is 0 Å². The Morgan fingerprint density at radius 3 is 2.12 bits per heavy atom. The summed E-state index contributed by atoms with van der Waals surface area (Å²) in [7, 11) is 0.695. The Bertz CT molecular complexity index is 337. The molecule has 0 atom stereocenters. The molecule has 0 heterocycles. The van der Waals surface area contributed by atoms with E-state index in [9.17, 15) is 13.2 Å². The van der Waals surface area contributed by atoms with Gasteiger partial charge in [-0.25, -0.2) is 0 Å². The summed E-state index contributed by atoms with van der Waals surface area (Å²) in [5.41, 5.74) is 5.52. The summed E-state index contributed by atoms with van der Waals surface area (Å²) >= 11 is 0. The first-order chi connectivity index (χ1) is 7.60. The molecule has 7 nitrogen and oxygen atoms in total. The Kier molecular flexibility index (Phi) is 9.86. The van der Waals surface area contributed by atoms with Crippen molar-refractivity contribution in [2.75, 3.05) is 27.7 Å². The van der Waals surface area contributed by atoms with Gasteiger partial charge in [-0.15, -0.1) is 0 Å². The first kappa shape index (κ1) is 18.4. The molecule has 0 aromatic heterocycles. The van der Waals surface area contributed by atoms with Crippen LogP contribution in [0.15, 0.2) is 12.2 Å². The largest absolute Gasteiger partial charge is 0.397 e. The van der Waals surface area contributed by atoms with Gasteiger partial charge in [0.2, 0.25) is 5.91 Å². The maximum atomic E-state index is 10.5. The van der Waals surface area contributed by atoms with Crippen LogP contribution in [-0.2, 0) is 19.4 Å². The third-order valence-electron chi connectivity index (χ3n) is 1.64. The lowest BCUT2D eigenvalue weighted by molar-refractivity contribution is -0.114. The topological polar surface area (TPSA) is 110 Å². The quantitative estimate of drug-likeness (QED) is 0.510. The number of carbonyl (C=O) groups excluding carboxylic acids is 1. The number of carbonyl (C=O) groups is 1. The second-order valence-electron chi connectivity index (χ2n) is 3.47. The summed E-state index contributed by atoms with van der Waals surface area (Å²) in [6.45, 7) is 4.52. The first-order valence-electron chi connectivity index (χ1n) is 4.75. The molecule has 0 radical (unpaired) electrons. The summed E-state index contributed by atoms with van der Waals surface area (Å²) in [4.78, 5) is 12.5. The van der Waals surface area contributed by atoms with E-state index in [4.69, 9.17) is 10.3 Å². The third kappa shape index (κ3) is 17.6. The van der Waals surface area contributed by atoms with Gasteiger partial charge in [0, 0.05) is 5.57 Å². The zero-order chi connectivity index (χ0) is 14.1. The van der Waals surface area contributed by atoms with Crippen molar-refractivity contribution in [1.82, 2.24) is 4.90 Å². The van der Waals surface area contributed by atoms with Crippen molar-refractivity contribution >= 4 is 16.3 Å². The highest BCUT2D eigenvalue weighted by molar-refractivity contribution is 7.80. The molecule has 3 N–H and O–H groups in total. The third-order valence-corrected chi connectivity index (χ3v) is 2.06. The Morgan fingerprint density at radius 2 is 1.88 bits per heavy atom. The lowest BCUT2D eigenvalue weighted by Crippen LogP contribution is -2.16. The van der Waals surface area contributed by atoms with E-state index < -0.39 is 10.4 Å². The zero-order valence-electron chi connectivity index (χ0n) is 10.3. The van der Waals surface area contributed by atoms with Crippen LogP contribution in [0.5, 0.6) is 0 Å². The second kappa shape index (κ2) is 9.11. The van der Waals surface area contributed by atoms with E-state index in [0.717, 1.165) is 20.1 Å². The lowest BCUT2D eigenvalue weighted by Gasteiger charge is -2.08. The van der Waals surface area contributed by atoms with Gasteiger partial charge in [-0.3, -0.25) is 13.5 Å². The molecular formula is C9H20N2O5S. The van der Waals surface area contributed by atoms with Crippen LogP contribution in [0.3, 0.4) is 0 Å². The van der Waals surface area contributed by atoms with E-state index in [2.05, 4.69) is 15.7 Å². The summed E-state index contributed by atoms with van der Waals surface area (Å²) in [5, 5.41) is 0. The number of primary amides is 1. The first-order valence-corrected chi connectivity index (χ1v) is 6.12. The number of hydrogen-bond donors (Lipinski definition) is 2. The van der Waals surface area contributed by atoms with E-state index in [1.165, 1.54) is 0 Å². The summed E-state index contributed by atoms with van der Waals surface area (Å²) in [6.07, 6.45) is 1.64. The fourth-order valence-corrected chi connectivity index (χ4v) is 0.732. The van der Waals surface area contributed by atoms with Gasteiger partial charge in [0.1, 0.15) is 0 Å². The Hall–Kier alpha value is -0.960. The molecule has 0 saturated heterocycles. The highest BCUT2D eigenvalue weighted by atomic mass is 32.3. The van der Waals surface area contributed by atoms with Gasteiger partial charge in [-0.1, -0.05) is 6.58 Å². The van der Waals surface area contributed by atoms with E-state index in [0.29, 0.717) is 12.0 Å². The van der Waals surface area contributed by atoms with E-state index >= 15 is 0 Å². The lowest BCUT2D eigenvalue weighted by atomic mass is 10.1. The van der Waals surface area contributed by atoms with Crippen LogP contribution >= 0.6 is 0 Å². The smallest absolute Gasteiger partial charge is 0.366 e. The number of amides is 1. The predicted molar refractivity (Wildman–Crippen MR) is 64.7 cm³/mol. The maximum Gasteiger partial charge on any atom is 0.397 e. The number of hydrogen-bond acceptors (Lipinski definition) is 5. The molecule has 0 bridgehead atoms. The molecule has 1 amide bonds. The van der Waals surface area contributed by atoms with Crippen LogP contribution in [0.2, 0.25) is 0 Å².